The fourth-order valence-electron chi connectivity index (χ4n) is 7.30. The quantitative estimate of drug-likeness (QED) is 0.0871. The summed E-state index contributed by atoms with van der Waals surface area (Å²) in [6.07, 6.45) is 9.35. The normalized spacial score (nSPS) is 19.1. The number of halogens is 2. The average molecular weight is 816 g/mol. The summed E-state index contributed by atoms with van der Waals surface area (Å²) < 4.78 is 14.7. The predicted molar refractivity (Wildman–Crippen MR) is 230 cm³/mol. The Morgan fingerprint density at radius 2 is 1.21 bits per heavy atom. The molecule has 1 atom stereocenters. The molecule has 2 aliphatic rings. The molecule has 5 aromatic rings. The van der Waals surface area contributed by atoms with E-state index in [-0.39, 0.29) is 0 Å². The second-order valence-electron chi connectivity index (χ2n) is 14.5. The van der Waals surface area contributed by atoms with Crippen LogP contribution in [0.5, 0.6) is 11.5 Å². The second kappa shape index (κ2) is 21.1. The topological polar surface area (TPSA) is 77.4 Å². The molecule has 0 bridgehead atoms. The first-order valence-corrected chi connectivity index (χ1v) is 20.5. The summed E-state index contributed by atoms with van der Waals surface area (Å²) >= 11 is 13.2. The minimum absolute atomic E-state index is 0.509. The molecule has 1 saturated carbocycles. The van der Waals surface area contributed by atoms with E-state index in [1.54, 1.807) is 14.2 Å². The van der Waals surface area contributed by atoms with Crippen molar-refractivity contribution in [1.29, 1.82) is 0 Å². The molecule has 1 fully saturated rings. The molecule has 0 radical (unpaired) electrons. The number of ether oxygens (including phenoxy) is 2. The van der Waals surface area contributed by atoms with Gasteiger partial charge in [0.05, 0.1) is 31.9 Å². The lowest BCUT2D eigenvalue weighted by Crippen LogP contribution is -2.31. The number of aliphatic hydroxyl groups is 1. The van der Waals surface area contributed by atoms with Crippen LogP contribution in [0.15, 0.2) is 120 Å². The molecule has 1 unspecified atom stereocenters. The lowest BCUT2D eigenvalue weighted by Gasteiger charge is -2.37. The number of allylic oxidation sites excluding steroid dienone is 2. The first kappa shape index (κ1) is 43.3. The van der Waals surface area contributed by atoms with E-state index in [0.29, 0.717) is 11.8 Å². The van der Waals surface area contributed by atoms with E-state index < -0.39 is 5.60 Å². The molecule has 6 nitrogen and oxygen atoms in total. The Kier molecular flexibility index (Phi) is 16.3. The molecular weight excluding hydrogens is 763 g/mol. The third kappa shape index (κ3) is 12.1. The van der Waals surface area contributed by atoms with E-state index in [2.05, 4.69) is 70.9 Å². The SMILES string of the molecule is COc1ccc(C2CC=C(c3ccc(Cl)c(C)c3)CC2)cc1.COc1ccc(C2CCC(O)(c3ccc(Cl)c(C)c3)CC2)cc1.Cc1ccc(SOOO)cc1. The zero-order valence-electron chi connectivity index (χ0n) is 32.8. The van der Waals surface area contributed by atoms with E-state index >= 15 is 0 Å². The maximum Gasteiger partial charge on any atom is 0.118 e. The van der Waals surface area contributed by atoms with E-state index in [9.17, 15) is 5.11 Å². The number of benzene rings is 5. The van der Waals surface area contributed by atoms with Crippen LogP contribution in [0, 0.1) is 20.8 Å². The van der Waals surface area contributed by atoms with Gasteiger partial charge in [0.1, 0.15) is 11.5 Å². The molecule has 0 aliphatic heterocycles. The molecule has 0 heterocycles. The van der Waals surface area contributed by atoms with E-state index in [0.717, 1.165) is 93.7 Å². The smallest absolute Gasteiger partial charge is 0.118 e. The Morgan fingerprint density at radius 1 is 0.661 bits per heavy atom. The third-order valence-electron chi connectivity index (χ3n) is 10.8. The zero-order chi connectivity index (χ0) is 40.1. The zero-order valence-corrected chi connectivity index (χ0v) is 35.1. The molecule has 9 heteroatoms. The molecule has 5 aromatic carbocycles. The Labute approximate surface area is 346 Å². The first-order chi connectivity index (χ1) is 27.0. The van der Waals surface area contributed by atoms with Crippen LogP contribution >= 0.6 is 35.2 Å². The average Bonchev–Trinajstić information content (AvgIpc) is 3.23. The van der Waals surface area contributed by atoms with Crippen molar-refractivity contribution in [2.45, 2.75) is 88.0 Å². The van der Waals surface area contributed by atoms with Crippen molar-refractivity contribution in [2.75, 3.05) is 14.2 Å². The van der Waals surface area contributed by atoms with Crippen molar-refractivity contribution in [1.82, 2.24) is 0 Å². The number of hydrogen-bond donors (Lipinski definition) is 2. The monoisotopic (exact) mass is 814 g/mol. The van der Waals surface area contributed by atoms with Crippen molar-refractivity contribution in [3.63, 3.8) is 0 Å². The molecular formula is C47H52Cl2O6S. The standard InChI is InChI=1S/C20H23ClO2.C20H21ClO.C7H8O3S/c1-14-13-17(5-8-19(14)21)20(22)11-9-16(10-12-20)15-3-6-18(23-2)7-4-15;1-14-13-18(9-12-20(14)21)17-5-3-15(4-6-17)16-7-10-19(22-2)11-8-16;1-6-2-4-7(5-3-6)11-10-9-8/h3-8,13,16,22H,9-12H2,1-2H3;5,7-13,15H,3-4,6H2,1-2H3;2-5,8H,1H3. The van der Waals surface area contributed by atoms with Gasteiger partial charge >= 0.3 is 0 Å². The first-order valence-electron chi connectivity index (χ1n) is 19.0. The minimum Gasteiger partial charge on any atom is -0.497 e. The van der Waals surface area contributed by atoms with Gasteiger partial charge in [-0.25, -0.2) is 5.26 Å². The summed E-state index contributed by atoms with van der Waals surface area (Å²) in [6.45, 7) is 6.05. The lowest BCUT2D eigenvalue weighted by atomic mass is 9.73. The fraction of sp³-hybridized carbons (Fsp3) is 0.319. The van der Waals surface area contributed by atoms with Crippen molar-refractivity contribution in [2.24, 2.45) is 0 Å². The summed E-state index contributed by atoms with van der Waals surface area (Å²) in [5, 5.41) is 23.9. The van der Waals surface area contributed by atoms with Crippen molar-refractivity contribution < 1.29 is 29.2 Å². The molecule has 7 rings (SSSR count). The third-order valence-corrected chi connectivity index (χ3v) is 12.2. The van der Waals surface area contributed by atoms with E-state index in [4.69, 9.17) is 37.9 Å². The summed E-state index contributed by atoms with van der Waals surface area (Å²) in [5.74, 6) is 2.93. The highest BCUT2D eigenvalue weighted by atomic mass is 35.5. The van der Waals surface area contributed by atoms with Crippen LogP contribution < -0.4 is 9.47 Å². The Morgan fingerprint density at radius 3 is 1.71 bits per heavy atom. The number of methoxy groups -OCH3 is 2. The Bertz CT molecular complexity index is 2010. The molecule has 296 valence electrons. The molecule has 0 amide bonds. The minimum atomic E-state index is -0.724. The maximum atomic E-state index is 11.0. The summed E-state index contributed by atoms with van der Waals surface area (Å²) in [7, 11) is 3.39. The highest BCUT2D eigenvalue weighted by Crippen LogP contribution is 2.44. The second-order valence-corrected chi connectivity index (χ2v) is 16.1. The van der Waals surface area contributed by atoms with Crippen molar-refractivity contribution in [3.05, 3.63) is 164 Å². The van der Waals surface area contributed by atoms with Crippen LogP contribution in [0.25, 0.3) is 5.57 Å². The molecule has 0 saturated heterocycles. The molecule has 2 aliphatic carbocycles. The van der Waals surface area contributed by atoms with Crippen molar-refractivity contribution in [3.8, 4) is 11.5 Å². The van der Waals surface area contributed by atoms with Crippen LogP contribution in [0.1, 0.15) is 95.7 Å². The van der Waals surface area contributed by atoms with Gasteiger partial charge in [0, 0.05) is 14.9 Å². The van der Waals surface area contributed by atoms with Gasteiger partial charge < -0.3 is 14.6 Å². The van der Waals surface area contributed by atoms with Crippen LogP contribution in [0.3, 0.4) is 0 Å². The summed E-state index contributed by atoms with van der Waals surface area (Å²) in [4.78, 5) is 0.879. The Hall–Kier alpha value is -3.79. The largest absolute Gasteiger partial charge is 0.497 e. The molecule has 0 spiro atoms. The van der Waals surface area contributed by atoms with Crippen molar-refractivity contribution >= 4 is 40.8 Å². The van der Waals surface area contributed by atoms with Gasteiger partial charge in [0.2, 0.25) is 0 Å². The molecule has 56 heavy (non-hydrogen) atoms. The fourth-order valence-corrected chi connectivity index (χ4v) is 7.89. The van der Waals surface area contributed by atoms with Gasteiger partial charge in [-0.15, -0.1) is 4.33 Å². The van der Waals surface area contributed by atoms with E-state index in [1.807, 2.05) is 74.5 Å². The van der Waals surface area contributed by atoms with Gasteiger partial charge in [-0.2, -0.15) is 0 Å². The number of rotatable bonds is 9. The highest BCUT2D eigenvalue weighted by Gasteiger charge is 2.35. The Balaban J connectivity index is 0.000000171. The maximum absolute atomic E-state index is 11.0. The van der Waals surface area contributed by atoms with E-state index in [1.165, 1.54) is 34.2 Å². The van der Waals surface area contributed by atoms with Crippen LogP contribution in [0.2, 0.25) is 10.0 Å². The van der Waals surface area contributed by atoms with Crippen LogP contribution in [-0.2, 0) is 15.0 Å². The number of aryl methyl sites for hydroxylation is 3. The molecule has 0 aromatic heterocycles. The van der Waals surface area contributed by atoms with Gasteiger partial charge in [-0.05, 0) is 165 Å². The van der Waals surface area contributed by atoms with Gasteiger partial charge in [0.15, 0.2) is 0 Å². The van der Waals surface area contributed by atoms with Gasteiger partial charge in [-0.3, -0.25) is 0 Å². The lowest BCUT2D eigenvalue weighted by molar-refractivity contribution is -0.432. The van der Waals surface area contributed by atoms with Crippen LogP contribution in [-0.4, -0.2) is 24.6 Å². The number of hydrogen-bond acceptors (Lipinski definition) is 7. The van der Waals surface area contributed by atoms with Gasteiger partial charge in [0.25, 0.3) is 0 Å². The predicted octanol–water partition coefficient (Wildman–Crippen LogP) is 13.6. The highest BCUT2D eigenvalue weighted by molar-refractivity contribution is 7.94. The molecule has 2 N–H and O–H groups in total. The van der Waals surface area contributed by atoms with Crippen LogP contribution in [0.4, 0.5) is 0 Å². The van der Waals surface area contributed by atoms with Gasteiger partial charge in [-0.1, -0.05) is 101 Å². The summed E-state index contributed by atoms with van der Waals surface area (Å²) in [5.41, 5.74) is 9.13. The summed E-state index contributed by atoms with van der Waals surface area (Å²) in [6, 6.07) is 36.6.